The molecule has 1 rings (SSSR count). The van der Waals surface area contributed by atoms with Crippen molar-refractivity contribution >= 4 is 11.6 Å². The van der Waals surface area contributed by atoms with E-state index in [-0.39, 0.29) is 0 Å². The SMILES string of the molecule is COc1c(C)c(C)c(CCN)c(C)c1Cl. The van der Waals surface area contributed by atoms with Crippen LogP contribution in [0.25, 0.3) is 0 Å². The number of ether oxygens (including phenoxy) is 1. The lowest BCUT2D eigenvalue weighted by atomic mass is 9.95. The van der Waals surface area contributed by atoms with E-state index in [0.717, 1.165) is 23.3 Å². The molecule has 0 aliphatic rings. The van der Waals surface area contributed by atoms with Crippen LogP contribution >= 0.6 is 11.6 Å². The van der Waals surface area contributed by atoms with Crippen molar-refractivity contribution in [3.63, 3.8) is 0 Å². The Morgan fingerprint density at radius 3 is 2.20 bits per heavy atom. The van der Waals surface area contributed by atoms with E-state index in [1.54, 1.807) is 7.11 Å². The number of halogens is 1. The van der Waals surface area contributed by atoms with E-state index in [1.165, 1.54) is 11.1 Å². The van der Waals surface area contributed by atoms with Gasteiger partial charge < -0.3 is 10.5 Å². The molecule has 0 atom stereocenters. The van der Waals surface area contributed by atoms with Crippen molar-refractivity contribution < 1.29 is 4.74 Å². The number of benzene rings is 1. The molecule has 1 aromatic rings. The minimum atomic E-state index is 0.643. The molecule has 1 aromatic carbocycles. The molecular weight excluding hydrogens is 210 g/mol. The van der Waals surface area contributed by atoms with Gasteiger partial charge in [0.2, 0.25) is 0 Å². The third-order valence-electron chi connectivity index (χ3n) is 2.94. The fourth-order valence-electron chi connectivity index (χ4n) is 1.91. The zero-order chi connectivity index (χ0) is 11.6. The second-order valence-corrected chi connectivity index (χ2v) is 4.12. The van der Waals surface area contributed by atoms with E-state index in [2.05, 4.69) is 6.92 Å². The summed E-state index contributed by atoms with van der Waals surface area (Å²) >= 11 is 6.25. The van der Waals surface area contributed by atoms with Crippen LogP contribution in [0.5, 0.6) is 5.75 Å². The lowest BCUT2D eigenvalue weighted by molar-refractivity contribution is 0.411. The molecule has 0 aromatic heterocycles. The standard InChI is InChI=1S/C12H18ClNO/c1-7-8(2)12(15-4)11(13)9(3)10(7)5-6-14/h5-6,14H2,1-4H3. The van der Waals surface area contributed by atoms with Gasteiger partial charge in [0.25, 0.3) is 0 Å². The lowest BCUT2D eigenvalue weighted by Gasteiger charge is -2.17. The first-order valence-corrected chi connectivity index (χ1v) is 5.44. The lowest BCUT2D eigenvalue weighted by Crippen LogP contribution is -2.08. The van der Waals surface area contributed by atoms with Gasteiger partial charge in [-0.15, -0.1) is 0 Å². The van der Waals surface area contributed by atoms with Crippen molar-refractivity contribution in [3.05, 3.63) is 27.3 Å². The van der Waals surface area contributed by atoms with Crippen molar-refractivity contribution in [2.75, 3.05) is 13.7 Å². The smallest absolute Gasteiger partial charge is 0.140 e. The summed E-state index contributed by atoms with van der Waals surface area (Å²) in [7, 11) is 1.65. The van der Waals surface area contributed by atoms with E-state index in [4.69, 9.17) is 22.1 Å². The predicted molar refractivity (Wildman–Crippen MR) is 65.0 cm³/mol. The summed E-state index contributed by atoms with van der Waals surface area (Å²) in [6, 6.07) is 0. The fraction of sp³-hybridized carbons (Fsp3) is 0.500. The maximum absolute atomic E-state index is 6.25. The Labute approximate surface area is 96.4 Å². The van der Waals surface area contributed by atoms with Gasteiger partial charge in [0, 0.05) is 0 Å². The molecule has 0 aliphatic carbocycles. The van der Waals surface area contributed by atoms with Crippen LogP contribution < -0.4 is 10.5 Å². The second kappa shape index (κ2) is 4.86. The molecule has 0 spiro atoms. The molecule has 0 saturated heterocycles. The topological polar surface area (TPSA) is 35.2 Å². The average Bonchev–Trinajstić information content (AvgIpc) is 2.23. The summed E-state index contributed by atoms with van der Waals surface area (Å²) in [6.07, 6.45) is 0.863. The molecule has 0 fully saturated rings. The van der Waals surface area contributed by atoms with Gasteiger partial charge in [-0.25, -0.2) is 0 Å². The van der Waals surface area contributed by atoms with Crippen LogP contribution in [0.1, 0.15) is 22.3 Å². The maximum atomic E-state index is 6.25. The summed E-state index contributed by atoms with van der Waals surface area (Å²) in [4.78, 5) is 0. The Balaban J connectivity index is 3.44. The molecular formula is C12H18ClNO. The molecule has 0 aliphatic heterocycles. The number of rotatable bonds is 3. The molecule has 2 nitrogen and oxygen atoms in total. The van der Waals surface area contributed by atoms with Crippen molar-refractivity contribution in [2.45, 2.75) is 27.2 Å². The third-order valence-corrected chi connectivity index (χ3v) is 3.39. The monoisotopic (exact) mass is 227 g/mol. The van der Waals surface area contributed by atoms with E-state index in [0.29, 0.717) is 11.6 Å². The first-order valence-electron chi connectivity index (χ1n) is 5.06. The molecule has 0 unspecified atom stereocenters. The van der Waals surface area contributed by atoms with Crippen LogP contribution in [-0.2, 0) is 6.42 Å². The molecule has 0 saturated carbocycles. The molecule has 0 bridgehead atoms. The number of hydrogen-bond acceptors (Lipinski definition) is 2. The fourth-order valence-corrected chi connectivity index (χ4v) is 2.24. The number of nitrogens with two attached hydrogens (primary N) is 1. The van der Waals surface area contributed by atoms with Gasteiger partial charge in [-0.3, -0.25) is 0 Å². The van der Waals surface area contributed by atoms with Crippen LogP contribution in [-0.4, -0.2) is 13.7 Å². The quantitative estimate of drug-likeness (QED) is 0.862. The Bertz CT molecular complexity index is 345. The highest BCUT2D eigenvalue weighted by molar-refractivity contribution is 6.33. The van der Waals surface area contributed by atoms with Gasteiger partial charge in [-0.05, 0) is 56.0 Å². The summed E-state index contributed by atoms with van der Waals surface area (Å²) < 4.78 is 5.31. The van der Waals surface area contributed by atoms with E-state index >= 15 is 0 Å². The summed E-state index contributed by atoms with van der Waals surface area (Å²) in [6.45, 7) is 6.78. The average molecular weight is 228 g/mol. The molecule has 15 heavy (non-hydrogen) atoms. The summed E-state index contributed by atoms with van der Waals surface area (Å²) in [5, 5.41) is 0.712. The van der Waals surface area contributed by atoms with Crippen molar-refractivity contribution in [2.24, 2.45) is 5.73 Å². The largest absolute Gasteiger partial charge is 0.495 e. The second-order valence-electron chi connectivity index (χ2n) is 3.74. The van der Waals surface area contributed by atoms with Crippen LogP contribution in [0.15, 0.2) is 0 Å². The minimum Gasteiger partial charge on any atom is -0.495 e. The highest BCUT2D eigenvalue weighted by atomic mass is 35.5. The normalized spacial score (nSPS) is 10.5. The van der Waals surface area contributed by atoms with Gasteiger partial charge in [0.05, 0.1) is 12.1 Å². The molecule has 0 heterocycles. The zero-order valence-corrected chi connectivity index (χ0v) is 10.5. The predicted octanol–water partition coefficient (Wildman–Crippen LogP) is 2.78. The first-order chi connectivity index (χ1) is 7.04. The molecule has 3 heteroatoms. The molecule has 2 N–H and O–H groups in total. The van der Waals surface area contributed by atoms with Crippen LogP contribution in [0.3, 0.4) is 0 Å². The molecule has 84 valence electrons. The minimum absolute atomic E-state index is 0.643. The highest BCUT2D eigenvalue weighted by Gasteiger charge is 2.15. The van der Waals surface area contributed by atoms with Crippen molar-refractivity contribution in [3.8, 4) is 5.75 Å². The van der Waals surface area contributed by atoms with E-state index in [9.17, 15) is 0 Å². The Kier molecular flexibility index (Phi) is 4.00. The summed E-state index contributed by atoms with van der Waals surface area (Å²) in [5.41, 5.74) is 10.3. The highest BCUT2D eigenvalue weighted by Crippen LogP contribution is 2.36. The zero-order valence-electron chi connectivity index (χ0n) is 9.78. The maximum Gasteiger partial charge on any atom is 0.140 e. The van der Waals surface area contributed by atoms with Gasteiger partial charge in [-0.2, -0.15) is 0 Å². The van der Waals surface area contributed by atoms with Gasteiger partial charge >= 0.3 is 0 Å². The van der Waals surface area contributed by atoms with Crippen LogP contribution in [0.2, 0.25) is 5.02 Å². The van der Waals surface area contributed by atoms with Gasteiger partial charge in [-0.1, -0.05) is 11.6 Å². The Morgan fingerprint density at radius 1 is 1.13 bits per heavy atom. The van der Waals surface area contributed by atoms with Gasteiger partial charge in [0.1, 0.15) is 5.75 Å². The summed E-state index contributed by atoms with van der Waals surface area (Å²) in [5.74, 6) is 0.785. The first kappa shape index (κ1) is 12.3. The van der Waals surface area contributed by atoms with Crippen molar-refractivity contribution in [1.82, 2.24) is 0 Å². The van der Waals surface area contributed by atoms with E-state index < -0.39 is 0 Å². The van der Waals surface area contributed by atoms with Crippen LogP contribution in [0.4, 0.5) is 0 Å². The van der Waals surface area contributed by atoms with E-state index in [1.807, 2.05) is 13.8 Å². The third kappa shape index (κ3) is 2.11. The molecule has 0 radical (unpaired) electrons. The molecule has 0 amide bonds. The Hall–Kier alpha value is -0.730. The Morgan fingerprint density at radius 2 is 1.73 bits per heavy atom. The van der Waals surface area contributed by atoms with Gasteiger partial charge in [0.15, 0.2) is 0 Å². The number of methoxy groups -OCH3 is 1. The number of hydrogen-bond donors (Lipinski definition) is 1. The van der Waals surface area contributed by atoms with Crippen molar-refractivity contribution in [1.29, 1.82) is 0 Å². The van der Waals surface area contributed by atoms with Crippen LogP contribution in [0, 0.1) is 20.8 Å².